The lowest BCUT2D eigenvalue weighted by atomic mass is 10.0. The quantitative estimate of drug-likeness (QED) is 0.0205. The molecule has 0 aromatic carbocycles. The number of hydrogen-bond donors (Lipinski definition) is 2. The maximum Gasteiger partial charge on any atom is 0.472 e. The van der Waals surface area contributed by atoms with Crippen LogP contribution in [0, 0.1) is 0 Å². The second-order valence-corrected chi connectivity index (χ2v) is 24.7. The highest BCUT2D eigenvalue weighted by Gasteiger charge is 2.30. The van der Waals surface area contributed by atoms with Crippen molar-refractivity contribution >= 4 is 19.7 Å². The molecule has 1 amide bonds. The summed E-state index contributed by atoms with van der Waals surface area (Å²) in [5.74, 6) is -0.508. The van der Waals surface area contributed by atoms with Gasteiger partial charge in [-0.1, -0.05) is 275 Å². The lowest BCUT2D eigenvalue weighted by Gasteiger charge is -2.27. The molecule has 3 atom stereocenters. The molecule has 0 spiro atoms. The summed E-state index contributed by atoms with van der Waals surface area (Å²) in [5.41, 5.74) is 0. The van der Waals surface area contributed by atoms with Crippen molar-refractivity contribution in [1.29, 1.82) is 0 Å². The molecule has 2 N–H and O–H groups in total. The van der Waals surface area contributed by atoms with Gasteiger partial charge in [-0.2, -0.15) is 0 Å². The van der Waals surface area contributed by atoms with Crippen LogP contribution in [0.1, 0.15) is 303 Å². The summed E-state index contributed by atoms with van der Waals surface area (Å²) in [6.45, 7) is 7.00. The number of quaternary nitrogens is 1. The van der Waals surface area contributed by atoms with Crippen molar-refractivity contribution in [2.45, 2.75) is 315 Å². The first kappa shape index (κ1) is 74.7. The second-order valence-electron chi connectivity index (χ2n) is 23.3. The van der Waals surface area contributed by atoms with E-state index < -0.39 is 20.0 Å². The highest BCUT2D eigenvalue weighted by Crippen LogP contribution is 2.43. The summed E-state index contributed by atoms with van der Waals surface area (Å²) < 4.78 is 30.7. The summed E-state index contributed by atoms with van der Waals surface area (Å²) in [5, 5.41) is 3.06. The number of carbonyl (C=O) groups is 2. The number of rotatable bonds is 59. The minimum atomic E-state index is -4.45. The smallest absolute Gasteiger partial charge is 0.456 e. The number of nitrogens with one attached hydrogen (secondary N) is 1. The zero-order chi connectivity index (χ0) is 56.4. The highest BCUT2D eigenvalue weighted by atomic mass is 31.2. The number of amides is 1. The number of esters is 1. The van der Waals surface area contributed by atoms with Gasteiger partial charge in [0.2, 0.25) is 5.91 Å². The van der Waals surface area contributed by atoms with Gasteiger partial charge in [-0.3, -0.25) is 18.6 Å². The molecule has 0 radical (unpaired) electrons. The van der Waals surface area contributed by atoms with Crippen molar-refractivity contribution in [2.24, 2.45) is 0 Å². The molecule has 0 rings (SSSR count). The van der Waals surface area contributed by atoms with E-state index in [1.807, 2.05) is 33.3 Å². The predicted octanol–water partition coefficient (Wildman–Crippen LogP) is 20.2. The average molecular weight is 1100 g/mol. The standard InChI is InChI=1S/C67H125N2O7P/c1-7-10-13-16-19-22-25-27-29-31-32-33-34-35-36-38-40-42-45-48-51-54-57-60-67(71)76-65(58-55-52-49-46-43-24-21-18-15-12-9-3)64(63-75-77(72,73)74-62-61-69(4,5)6)68-66(70)59-56-53-50-47-44-41-39-37-30-28-26-23-20-17-14-11-8-2/h19,22,27,29,32-33,35-36,55,58,64-65H,7-18,20-21,23-26,28,30-31,34,37-54,56-57,59-63H2,1-6H3,(H-,68,70,72,73)/p+1/b22-19-,29-27-,33-32-,36-35-,58-55+. The maximum absolute atomic E-state index is 13.6. The third-order valence-electron chi connectivity index (χ3n) is 14.5. The van der Waals surface area contributed by atoms with Crippen LogP contribution >= 0.6 is 7.82 Å². The zero-order valence-electron chi connectivity index (χ0n) is 51.5. The van der Waals surface area contributed by atoms with Crippen LogP contribution in [0.2, 0.25) is 0 Å². The Hall–Kier alpha value is -2.29. The molecular formula is C67H126N2O7P+. The lowest BCUT2D eigenvalue weighted by Crippen LogP contribution is -2.47. The van der Waals surface area contributed by atoms with E-state index in [-0.39, 0.29) is 31.5 Å². The Balaban J connectivity index is 5.16. The molecule has 0 heterocycles. The van der Waals surface area contributed by atoms with Crippen LogP contribution in [-0.2, 0) is 27.9 Å². The Kier molecular flexibility index (Phi) is 55.3. The van der Waals surface area contributed by atoms with E-state index in [1.165, 1.54) is 180 Å². The van der Waals surface area contributed by atoms with Gasteiger partial charge in [0.1, 0.15) is 19.3 Å². The summed E-state index contributed by atoms with van der Waals surface area (Å²) in [6, 6.07) is -0.852. The van der Waals surface area contributed by atoms with Crippen LogP contribution < -0.4 is 5.32 Å². The van der Waals surface area contributed by atoms with Gasteiger partial charge in [0, 0.05) is 12.8 Å². The van der Waals surface area contributed by atoms with E-state index in [2.05, 4.69) is 74.7 Å². The number of likely N-dealkylation sites (N-methyl/N-ethyl adjacent to an activating group) is 1. The molecule has 9 nitrogen and oxygen atoms in total. The van der Waals surface area contributed by atoms with E-state index in [0.717, 1.165) is 89.9 Å². The fourth-order valence-corrected chi connectivity index (χ4v) is 10.1. The Morgan fingerprint density at radius 1 is 0.455 bits per heavy atom. The Labute approximate surface area is 477 Å². The molecule has 0 aliphatic rings. The Morgan fingerprint density at radius 2 is 0.792 bits per heavy atom. The van der Waals surface area contributed by atoms with E-state index in [4.69, 9.17) is 13.8 Å². The average Bonchev–Trinajstić information content (AvgIpc) is 3.39. The molecule has 0 fully saturated rings. The largest absolute Gasteiger partial charge is 0.472 e. The van der Waals surface area contributed by atoms with Crippen molar-refractivity contribution in [2.75, 3.05) is 40.9 Å². The van der Waals surface area contributed by atoms with Crippen molar-refractivity contribution in [1.82, 2.24) is 5.32 Å². The van der Waals surface area contributed by atoms with Gasteiger partial charge in [-0.25, -0.2) is 4.57 Å². The van der Waals surface area contributed by atoms with Gasteiger partial charge in [0.25, 0.3) is 0 Å². The maximum atomic E-state index is 13.6. The molecule has 0 aliphatic heterocycles. The summed E-state index contributed by atoms with van der Waals surface area (Å²) in [7, 11) is 1.49. The summed E-state index contributed by atoms with van der Waals surface area (Å²) >= 11 is 0. The first-order valence-electron chi connectivity index (χ1n) is 32.6. The monoisotopic (exact) mass is 1100 g/mol. The number of nitrogens with zero attached hydrogens (tertiary/aromatic N) is 1. The van der Waals surface area contributed by atoms with Gasteiger partial charge in [0.05, 0.1) is 33.8 Å². The highest BCUT2D eigenvalue weighted by molar-refractivity contribution is 7.47. The molecule has 10 heteroatoms. The molecule has 0 aromatic rings. The van der Waals surface area contributed by atoms with Crippen molar-refractivity contribution in [3.05, 3.63) is 60.8 Å². The van der Waals surface area contributed by atoms with Crippen molar-refractivity contribution in [3.63, 3.8) is 0 Å². The Morgan fingerprint density at radius 3 is 1.21 bits per heavy atom. The number of unbranched alkanes of at least 4 members (excludes halogenated alkanes) is 35. The van der Waals surface area contributed by atoms with Gasteiger partial charge in [-0.05, 0) is 76.7 Å². The van der Waals surface area contributed by atoms with Gasteiger partial charge in [0.15, 0.2) is 0 Å². The van der Waals surface area contributed by atoms with Crippen LogP contribution in [0.25, 0.3) is 0 Å². The third kappa shape index (κ3) is 58.2. The fraction of sp³-hybridized carbons (Fsp3) is 0.821. The number of hydrogen-bond acceptors (Lipinski definition) is 6. The van der Waals surface area contributed by atoms with Crippen LogP contribution in [-0.4, -0.2) is 74.3 Å². The number of allylic oxidation sites excluding steroid dienone is 9. The van der Waals surface area contributed by atoms with Gasteiger partial charge >= 0.3 is 13.8 Å². The topological polar surface area (TPSA) is 111 Å². The normalized spacial score (nSPS) is 14.0. The number of ether oxygens (including phenoxy) is 1. The minimum absolute atomic E-state index is 0.0385. The first-order valence-corrected chi connectivity index (χ1v) is 34.1. The molecule has 0 aromatic heterocycles. The van der Waals surface area contributed by atoms with E-state index in [9.17, 15) is 19.0 Å². The van der Waals surface area contributed by atoms with Gasteiger partial charge < -0.3 is 19.4 Å². The molecule has 450 valence electrons. The van der Waals surface area contributed by atoms with Crippen LogP contribution in [0.5, 0.6) is 0 Å². The number of phosphoric ester groups is 1. The second kappa shape index (κ2) is 57.0. The molecule has 0 saturated heterocycles. The SMILES string of the molecule is CCCCC/C=C\C/C=C\C/C=C\C/C=C\CCCCCCCCCC(=O)OC(/C=C/CCCCCCCCCCC)C(COP(=O)(O)OCC[N+](C)(C)C)NC(=O)CCCCCCCCCCCCCCCCCCC. The molecule has 0 saturated carbocycles. The third-order valence-corrected chi connectivity index (χ3v) is 15.4. The summed E-state index contributed by atoms with van der Waals surface area (Å²) in [6.07, 6.45) is 72.2. The molecule has 0 bridgehead atoms. The summed E-state index contributed by atoms with van der Waals surface area (Å²) in [4.78, 5) is 37.7. The van der Waals surface area contributed by atoms with Crippen molar-refractivity contribution < 1.29 is 37.3 Å². The van der Waals surface area contributed by atoms with E-state index >= 15 is 0 Å². The van der Waals surface area contributed by atoms with Crippen molar-refractivity contribution in [3.8, 4) is 0 Å². The number of carbonyl (C=O) groups excluding carboxylic acids is 2. The zero-order valence-corrected chi connectivity index (χ0v) is 52.3. The van der Waals surface area contributed by atoms with E-state index in [0.29, 0.717) is 17.4 Å². The van der Waals surface area contributed by atoms with Crippen LogP contribution in [0.4, 0.5) is 0 Å². The van der Waals surface area contributed by atoms with E-state index in [1.54, 1.807) is 0 Å². The molecule has 3 unspecified atom stereocenters. The molecule has 77 heavy (non-hydrogen) atoms. The molecular weight excluding hydrogens is 976 g/mol. The van der Waals surface area contributed by atoms with Gasteiger partial charge in [-0.15, -0.1) is 0 Å². The first-order chi connectivity index (χ1) is 37.4. The fourth-order valence-electron chi connectivity index (χ4n) is 9.40. The molecule has 0 aliphatic carbocycles. The van der Waals surface area contributed by atoms with Crippen LogP contribution in [0.3, 0.4) is 0 Å². The number of phosphoric acid groups is 1. The predicted molar refractivity (Wildman–Crippen MR) is 332 cm³/mol. The van der Waals surface area contributed by atoms with Crippen LogP contribution in [0.15, 0.2) is 60.8 Å². The lowest BCUT2D eigenvalue weighted by molar-refractivity contribution is -0.870. The minimum Gasteiger partial charge on any atom is -0.456 e. The Bertz CT molecular complexity index is 1500.